The van der Waals surface area contributed by atoms with Crippen LogP contribution in [-0.2, 0) is 23.0 Å². The van der Waals surface area contributed by atoms with Gasteiger partial charge in [-0.3, -0.25) is 14.9 Å². The summed E-state index contributed by atoms with van der Waals surface area (Å²) in [6, 6.07) is 14.0. The second kappa shape index (κ2) is 10.2. The van der Waals surface area contributed by atoms with E-state index >= 15 is 0 Å². The SMILES string of the molecule is CCc1ccc(-c2nc(C(=O)NNC(=O)NCc3cccc(NS(C)(=O)=O)c3)cs2)cc1. The van der Waals surface area contributed by atoms with Gasteiger partial charge in [-0.15, -0.1) is 11.3 Å². The van der Waals surface area contributed by atoms with Gasteiger partial charge in [-0.2, -0.15) is 0 Å². The number of thiazole rings is 1. The predicted octanol–water partition coefficient (Wildman–Crippen LogP) is 2.89. The molecule has 1 aromatic heterocycles. The van der Waals surface area contributed by atoms with Gasteiger partial charge in [-0.1, -0.05) is 43.3 Å². The van der Waals surface area contributed by atoms with Crippen molar-refractivity contribution in [2.45, 2.75) is 19.9 Å². The van der Waals surface area contributed by atoms with Crippen molar-refractivity contribution in [1.82, 2.24) is 21.2 Å². The van der Waals surface area contributed by atoms with E-state index in [2.05, 4.69) is 32.8 Å². The first-order valence-electron chi connectivity index (χ1n) is 9.69. The van der Waals surface area contributed by atoms with Crippen molar-refractivity contribution in [1.29, 1.82) is 0 Å². The molecule has 0 aliphatic heterocycles. The number of hydrogen-bond donors (Lipinski definition) is 4. The number of aryl methyl sites for hydroxylation is 1. The van der Waals surface area contributed by atoms with E-state index in [-0.39, 0.29) is 12.2 Å². The highest BCUT2D eigenvalue weighted by Gasteiger charge is 2.13. The molecular formula is C21H23N5O4S2. The van der Waals surface area contributed by atoms with Gasteiger partial charge in [0, 0.05) is 23.2 Å². The van der Waals surface area contributed by atoms with Gasteiger partial charge in [0.15, 0.2) is 0 Å². The molecule has 0 saturated heterocycles. The molecular weight excluding hydrogens is 450 g/mol. The molecule has 3 amide bonds. The highest BCUT2D eigenvalue weighted by Crippen LogP contribution is 2.24. The van der Waals surface area contributed by atoms with E-state index in [1.165, 1.54) is 16.9 Å². The third kappa shape index (κ3) is 6.79. The molecule has 0 radical (unpaired) electrons. The third-order valence-electron chi connectivity index (χ3n) is 4.32. The smallest absolute Gasteiger partial charge is 0.333 e. The topological polar surface area (TPSA) is 129 Å². The minimum Gasteiger partial charge on any atom is -0.333 e. The Morgan fingerprint density at radius 1 is 1.03 bits per heavy atom. The molecule has 0 spiro atoms. The van der Waals surface area contributed by atoms with Gasteiger partial charge in [-0.25, -0.2) is 23.6 Å². The lowest BCUT2D eigenvalue weighted by Gasteiger charge is -2.09. The molecule has 2 aromatic carbocycles. The molecule has 1 heterocycles. The third-order valence-corrected chi connectivity index (χ3v) is 5.82. The van der Waals surface area contributed by atoms with E-state index in [0.717, 1.165) is 18.2 Å². The number of amides is 3. The maximum Gasteiger partial charge on any atom is 0.333 e. The predicted molar refractivity (Wildman–Crippen MR) is 125 cm³/mol. The number of anilines is 1. The number of benzene rings is 2. The Kier molecular flexibility index (Phi) is 7.44. The monoisotopic (exact) mass is 473 g/mol. The summed E-state index contributed by atoms with van der Waals surface area (Å²) in [5, 5.41) is 4.91. The first-order chi connectivity index (χ1) is 15.2. The molecule has 0 aliphatic rings. The van der Waals surface area contributed by atoms with Crippen LogP contribution in [0.4, 0.5) is 10.5 Å². The normalized spacial score (nSPS) is 10.9. The van der Waals surface area contributed by atoms with E-state index in [0.29, 0.717) is 16.3 Å². The fourth-order valence-electron chi connectivity index (χ4n) is 2.76. The number of nitrogens with one attached hydrogen (secondary N) is 4. The number of hydrogen-bond acceptors (Lipinski definition) is 6. The fourth-order valence-corrected chi connectivity index (χ4v) is 4.12. The van der Waals surface area contributed by atoms with Crippen LogP contribution in [0.25, 0.3) is 10.6 Å². The van der Waals surface area contributed by atoms with Crippen molar-refractivity contribution in [3.63, 3.8) is 0 Å². The minimum absolute atomic E-state index is 0.135. The summed E-state index contributed by atoms with van der Waals surface area (Å²) in [5.74, 6) is -0.535. The molecule has 11 heteroatoms. The Balaban J connectivity index is 1.49. The molecule has 32 heavy (non-hydrogen) atoms. The number of sulfonamides is 1. The standard InChI is InChI=1S/C21H23N5O4S2/c1-3-14-7-9-16(10-8-14)20-23-18(13-31-20)19(27)24-25-21(28)22-12-15-5-4-6-17(11-15)26-32(2,29)30/h4-11,13,26H,3,12H2,1-2H3,(H,24,27)(H2,22,25,28). The molecule has 168 valence electrons. The van der Waals surface area contributed by atoms with Gasteiger partial charge in [0.25, 0.3) is 5.91 Å². The van der Waals surface area contributed by atoms with Gasteiger partial charge >= 0.3 is 6.03 Å². The molecule has 4 N–H and O–H groups in total. The Labute approximate surface area is 190 Å². The molecule has 0 fully saturated rings. The second-order valence-electron chi connectivity index (χ2n) is 6.92. The summed E-state index contributed by atoms with van der Waals surface area (Å²) in [7, 11) is -3.39. The zero-order chi connectivity index (χ0) is 23.1. The molecule has 0 saturated carbocycles. The van der Waals surface area contributed by atoms with Gasteiger partial charge in [0.1, 0.15) is 10.7 Å². The number of rotatable bonds is 7. The average Bonchev–Trinajstić information content (AvgIpc) is 3.25. The maximum atomic E-state index is 12.3. The first-order valence-corrected chi connectivity index (χ1v) is 12.5. The largest absolute Gasteiger partial charge is 0.333 e. The maximum absolute atomic E-state index is 12.3. The lowest BCUT2D eigenvalue weighted by atomic mass is 10.1. The summed E-state index contributed by atoms with van der Waals surface area (Å²) in [6.45, 7) is 2.22. The van der Waals surface area contributed by atoms with Crippen LogP contribution in [0.3, 0.4) is 0 Å². The van der Waals surface area contributed by atoms with Gasteiger partial charge in [-0.05, 0) is 29.7 Å². The van der Waals surface area contributed by atoms with Crippen molar-refractivity contribution in [3.8, 4) is 10.6 Å². The summed E-state index contributed by atoms with van der Waals surface area (Å²) in [4.78, 5) is 28.6. The number of urea groups is 1. The molecule has 0 aliphatic carbocycles. The molecule has 9 nitrogen and oxygen atoms in total. The number of aromatic nitrogens is 1. The van der Waals surface area contributed by atoms with Crippen LogP contribution >= 0.6 is 11.3 Å². The fraction of sp³-hybridized carbons (Fsp3) is 0.190. The van der Waals surface area contributed by atoms with Crippen LogP contribution in [0.5, 0.6) is 0 Å². The van der Waals surface area contributed by atoms with Crippen LogP contribution in [0.2, 0.25) is 0 Å². The minimum atomic E-state index is -3.39. The van der Waals surface area contributed by atoms with E-state index in [1.807, 2.05) is 24.3 Å². The van der Waals surface area contributed by atoms with E-state index in [4.69, 9.17) is 0 Å². The first kappa shape index (κ1) is 23.2. The number of nitrogens with zero attached hydrogens (tertiary/aromatic N) is 1. The lowest BCUT2D eigenvalue weighted by molar-refractivity contribution is 0.0932. The summed E-state index contributed by atoms with van der Waals surface area (Å²) < 4.78 is 25.0. The molecule has 3 aromatic rings. The quantitative estimate of drug-likeness (QED) is 0.392. The van der Waals surface area contributed by atoms with Gasteiger partial charge < -0.3 is 5.32 Å². The Hall–Kier alpha value is -3.44. The van der Waals surface area contributed by atoms with Crippen LogP contribution in [-0.4, -0.2) is 31.6 Å². The van der Waals surface area contributed by atoms with E-state index in [9.17, 15) is 18.0 Å². The summed E-state index contributed by atoms with van der Waals surface area (Å²) in [5.41, 5.74) is 7.99. The molecule has 0 atom stereocenters. The Bertz CT molecular complexity index is 1210. The molecule has 0 bridgehead atoms. The lowest BCUT2D eigenvalue weighted by Crippen LogP contribution is -2.46. The average molecular weight is 474 g/mol. The zero-order valence-electron chi connectivity index (χ0n) is 17.5. The number of carbonyl (C=O) groups is 2. The zero-order valence-corrected chi connectivity index (χ0v) is 19.1. The summed E-state index contributed by atoms with van der Waals surface area (Å²) >= 11 is 1.34. The van der Waals surface area contributed by atoms with Crippen LogP contribution < -0.4 is 20.9 Å². The molecule has 0 unspecified atom stereocenters. The Morgan fingerprint density at radius 3 is 2.47 bits per heavy atom. The van der Waals surface area contributed by atoms with Crippen LogP contribution in [0, 0.1) is 0 Å². The van der Waals surface area contributed by atoms with E-state index < -0.39 is 22.0 Å². The van der Waals surface area contributed by atoms with Crippen molar-refractivity contribution in [2.24, 2.45) is 0 Å². The molecule has 3 rings (SSSR count). The number of hydrazine groups is 1. The van der Waals surface area contributed by atoms with E-state index in [1.54, 1.807) is 29.6 Å². The van der Waals surface area contributed by atoms with Crippen molar-refractivity contribution < 1.29 is 18.0 Å². The summed E-state index contributed by atoms with van der Waals surface area (Å²) in [6.07, 6.45) is 2.00. The van der Waals surface area contributed by atoms with Gasteiger partial charge in [0.05, 0.1) is 6.26 Å². The van der Waals surface area contributed by atoms with Crippen molar-refractivity contribution in [2.75, 3.05) is 11.0 Å². The Morgan fingerprint density at radius 2 is 1.78 bits per heavy atom. The second-order valence-corrected chi connectivity index (χ2v) is 9.53. The van der Waals surface area contributed by atoms with Crippen molar-refractivity contribution >= 4 is 39.0 Å². The highest BCUT2D eigenvalue weighted by molar-refractivity contribution is 7.92. The number of carbonyl (C=O) groups excluding carboxylic acids is 2. The van der Waals surface area contributed by atoms with Gasteiger partial charge in [0.2, 0.25) is 10.0 Å². The van der Waals surface area contributed by atoms with Crippen LogP contribution in [0.1, 0.15) is 28.5 Å². The van der Waals surface area contributed by atoms with Crippen molar-refractivity contribution in [3.05, 3.63) is 70.7 Å². The highest BCUT2D eigenvalue weighted by atomic mass is 32.2. The van der Waals surface area contributed by atoms with Crippen LogP contribution in [0.15, 0.2) is 53.9 Å².